The van der Waals surface area contributed by atoms with E-state index in [-0.39, 0.29) is 28.9 Å². The van der Waals surface area contributed by atoms with Crippen molar-refractivity contribution in [2.75, 3.05) is 12.4 Å². The van der Waals surface area contributed by atoms with Crippen LogP contribution in [0.5, 0.6) is 5.75 Å². The van der Waals surface area contributed by atoms with Crippen LogP contribution in [-0.4, -0.2) is 29.4 Å². The number of carbonyl (C=O) groups is 1. The molecule has 7 heteroatoms. The molecule has 0 radical (unpaired) electrons. The molecule has 1 aromatic heterocycles. The number of hydrogen-bond acceptors (Lipinski definition) is 5. The van der Waals surface area contributed by atoms with Gasteiger partial charge in [0, 0.05) is 11.6 Å². The number of anilines is 1. The summed E-state index contributed by atoms with van der Waals surface area (Å²) in [6, 6.07) is 4.24. The maximum Gasteiger partial charge on any atom is 0.343 e. The van der Waals surface area contributed by atoms with Gasteiger partial charge in [0.1, 0.15) is 0 Å². The lowest BCUT2D eigenvalue weighted by Gasteiger charge is -2.15. The van der Waals surface area contributed by atoms with E-state index in [0.717, 1.165) is 25.7 Å². The van der Waals surface area contributed by atoms with Gasteiger partial charge in [-0.25, -0.2) is 9.18 Å². The Morgan fingerprint density at radius 3 is 2.68 bits per heavy atom. The summed E-state index contributed by atoms with van der Waals surface area (Å²) in [4.78, 5) is 11.8. The minimum atomic E-state index is -1.14. The van der Waals surface area contributed by atoms with E-state index >= 15 is 0 Å². The molecule has 1 heterocycles. The molecule has 0 spiro atoms. The van der Waals surface area contributed by atoms with E-state index in [4.69, 9.17) is 9.26 Å². The Morgan fingerprint density at radius 1 is 1.32 bits per heavy atom. The molecule has 1 aromatic carbocycles. The fraction of sp³-hybridized carbons (Fsp3) is 0.444. The molecule has 2 aromatic rings. The molecule has 0 amide bonds. The van der Waals surface area contributed by atoms with Crippen LogP contribution in [0.15, 0.2) is 22.7 Å². The molecule has 1 aliphatic carbocycles. The first kappa shape index (κ1) is 17.3. The van der Waals surface area contributed by atoms with Gasteiger partial charge < -0.3 is 19.7 Å². The summed E-state index contributed by atoms with van der Waals surface area (Å²) in [5, 5.41) is 16.7. The Labute approximate surface area is 145 Å². The van der Waals surface area contributed by atoms with Gasteiger partial charge in [0.2, 0.25) is 0 Å². The summed E-state index contributed by atoms with van der Waals surface area (Å²) in [6.07, 6.45) is 6.57. The zero-order chi connectivity index (χ0) is 17.8. The molecule has 0 aliphatic heterocycles. The molecule has 1 aliphatic rings. The second-order valence-corrected chi connectivity index (χ2v) is 6.22. The maximum absolute atomic E-state index is 13.6. The van der Waals surface area contributed by atoms with E-state index in [2.05, 4.69) is 10.5 Å². The Balaban J connectivity index is 1.93. The van der Waals surface area contributed by atoms with Gasteiger partial charge in [-0.15, -0.1) is 0 Å². The fourth-order valence-corrected chi connectivity index (χ4v) is 3.20. The van der Waals surface area contributed by atoms with Crippen molar-refractivity contribution in [3.05, 3.63) is 29.6 Å². The van der Waals surface area contributed by atoms with Crippen LogP contribution in [0.4, 0.5) is 10.2 Å². The Kier molecular flexibility index (Phi) is 5.21. The zero-order valence-corrected chi connectivity index (χ0v) is 14.0. The minimum Gasteiger partial charge on any atom is -0.494 e. The number of aromatic nitrogens is 1. The molecule has 0 atom stereocenters. The van der Waals surface area contributed by atoms with Crippen LogP contribution in [0.25, 0.3) is 11.3 Å². The summed E-state index contributed by atoms with van der Waals surface area (Å²) < 4.78 is 23.8. The van der Waals surface area contributed by atoms with Gasteiger partial charge in [0.05, 0.1) is 7.11 Å². The number of aromatic carboxylic acids is 1. The number of carboxylic acid groups (broad SMARTS) is 1. The number of rotatable bonds is 5. The summed E-state index contributed by atoms with van der Waals surface area (Å²) in [7, 11) is 1.35. The van der Waals surface area contributed by atoms with Gasteiger partial charge in [0.25, 0.3) is 0 Å². The van der Waals surface area contributed by atoms with Crippen LogP contribution in [0.3, 0.4) is 0 Å². The zero-order valence-electron chi connectivity index (χ0n) is 14.0. The molecule has 1 fully saturated rings. The second-order valence-electron chi connectivity index (χ2n) is 6.22. The lowest BCUT2D eigenvalue weighted by molar-refractivity contribution is 0.0698. The highest BCUT2D eigenvalue weighted by atomic mass is 19.1. The number of carboxylic acids is 1. The normalized spacial score (nSPS) is 15.6. The standard InChI is InChI=1S/C18H21FN2O4/c1-24-14-10-11(8-9-13(14)19)16-15(18(22)23)17(21-25-16)20-12-6-4-2-3-5-7-12/h8-10,12H,2-7H2,1H3,(H,20,21)(H,22,23). The van der Waals surface area contributed by atoms with Crippen LogP contribution >= 0.6 is 0 Å². The van der Waals surface area contributed by atoms with Crippen molar-refractivity contribution in [2.24, 2.45) is 0 Å². The van der Waals surface area contributed by atoms with Crippen LogP contribution in [0.2, 0.25) is 0 Å². The number of methoxy groups -OCH3 is 1. The number of nitrogens with one attached hydrogen (secondary N) is 1. The molecule has 0 bridgehead atoms. The summed E-state index contributed by atoms with van der Waals surface area (Å²) in [5.41, 5.74) is 0.356. The van der Waals surface area contributed by atoms with E-state index in [1.807, 2.05) is 0 Å². The molecule has 134 valence electrons. The molecular weight excluding hydrogens is 327 g/mol. The third-order valence-electron chi connectivity index (χ3n) is 4.52. The Hall–Kier alpha value is -2.57. The number of hydrogen-bond donors (Lipinski definition) is 2. The van der Waals surface area contributed by atoms with Crippen molar-refractivity contribution in [3.63, 3.8) is 0 Å². The molecule has 3 rings (SSSR count). The largest absolute Gasteiger partial charge is 0.494 e. The average molecular weight is 348 g/mol. The van der Waals surface area contributed by atoms with Gasteiger partial charge in [0.15, 0.2) is 28.7 Å². The molecule has 0 saturated heterocycles. The number of ether oxygens (including phenoxy) is 1. The van der Waals surface area contributed by atoms with Crippen molar-refractivity contribution in [1.29, 1.82) is 0 Å². The molecule has 25 heavy (non-hydrogen) atoms. The highest BCUT2D eigenvalue weighted by molar-refractivity contribution is 5.99. The number of nitrogens with zero attached hydrogens (tertiary/aromatic N) is 1. The highest BCUT2D eigenvalue weighted by Crippen LogP contribution is 2.33. The van der Waals surface area contributed by atoms with Crippen molar-refractivity contribution in [2.45, 2.75) is 44.6 Å². The number of halogens is 1. The maximum atomic E-state index is 13.6. The van der Waals surface area contributed by atoms with E-state index < -0.39 is 11.8 Å². The Bertz CT molecular complexity index is 752. The fourth-order valence-electron chi connectivity index (χ4n) is 3.20. The van der Waals surface area contributed by atoms with E-state index in [1.54, 1.807) is 0 Å². The first-order valence-electron chi connectivity index (χ1n) is 8.43. The summed E-state index contributed by atoms with van der Waals surface area (Å²) >= 11 is 0. The lowest BCUT2D eigenvalue weighted by atomic mass is 10.1. The third-order valence-corrected chi connectivity index (χ3v) is 4.52. The van der Waals surface area contributed by atoms with Crippen LogP contribution in [0.1, 0.15) is 48.9 Å². The smallest absolute Gasteiger partial charge is 0.343 e. The monoisotopic (exact) mass is 348 g/mol. The van der Waals surface area contributed by atoms with Gasteiger partial charge in [-0.2, -0.15) is 0 Å². The lowest BCUT2D eigenvalue weighted by Crippen LogP contribution is -2.20. The average Bonchev–Trinajstić information content (AvgIpc) is 2.84. The van der Waals surface area contributed by atoms with Crippen molar-refractivity contribution in [1.82, 2.24) is 5.16 Å². The molecular formula is C18H21FN2O4. The summed E-state index contributed by atoms with van der Waals surface area (Å²) in [6.45, 7) is 0. The van der Waals surface area contributed by atoms with Crippen molar-refractivity contribution < 1.29 is 23.6 Å². The Morgan fingerprint density at radius 2 is 2.04 bits per heavy atom. The molecule has 6 nitrogen and oxygen atoms in total. The predicted octanol–water partition coefficient (Wildman–Crippen LogP) is 4.32. The van der Waals surface area contributed by atoms with Crippen LogP contribution in [-0.2, 0) is 0 Å². The SMILES string of the molecule is COc1cc(-c2onc(NC3CCCCCC3)c2C(=O)O)ccc1F. The first-order chi connectivity index (χ1) is 12.1. The van der Waals surface area contributed by atoms with Gasteiger partial charge in [-0.05, 0) is 31.0 Å². The molecule has 2 N–H and O–H groups in total. The predicted molar refractivity (Wildman–Crippen MR) is 90.5 cm³/mol. The number of benzene rings is 1. The van der Waals surface area contributed by atoms with Crippen LogP contribution < -0.4 is 10.1 Å². The van der Waals surface area contributed by atoms with Gasteiger partial charge >= 0.3 is 5.97 Å². The van der Waals surface area contributed by atoms with Gasteiger partial charge in [-0.3, -0.25) is 0 Å². The quantitative estimate of drug-likeness (QED) is 0.783. The van der Waals surface area contributed by atoms with Crippen LogP contribution in [0, 0.1) is 5.82 Å². The topological polar surface area (TPSA) is 84.6 Å². The molecule has 1 saturated carbocycles. The summed E-state index contributed by atoms with van der Waals surface area (Å²) in [5.74, 6) is -1.35. The third kappa shape index (κ3) is 3.75. The van der Waals surface area contributed by atoms with Crippen molar-refractivity contribution >= 4 is 11.8 Å². The van der Waals surface area contributed by atoms with E-state index in [9.17, 15) is 14.3 Å². The van der Waals surface area contributed by atoms with Crippen molar-refractivity contribution in [3.8, 4) is 17.1 Å². The minimum absolute atomic E-state index is 0.0171. The van der Waals surface area contributed by atoms with Gasteiger partial charge in [-0.1, -0.05) is 30.8 Å². The highest BCUT2D eigenvalue weighted by Gasteiger charge is 2.26. The first-order valence-corrected chi connectivity index (χ1v) is 8.43. The second kappa shape index (κ2) is 7.55. The molecule has 0 unspecified atom stereocenters. The van der Waals surface area contributed by atoms with E-state index in [0.29, 0.717) is 5.56 Å². The van der Waals surface area contributed by atoms with E-state index in [1.165, 1.54) is 38.2 Å².